The van der Waals surface area contributed by atoms with Crippen molar-refractivity contribution in [3.05, 3.63) is 107 Å². The van der Waals surface area contributed by atoms with E-state index in [-0.39, 0.29) is 4.90 Å². The summed E-state index contributed by atoms with van der Waals surface area (Å²) < 4.78 is 35.8. The Bertz CT molecular complexity index is 1560. The number of carbonyl (C=O) groups is 1. The second-order valence-corrected chi connectivity index (χ2v) is 10.9. The van der Waals surface area contributed by atoms with Crippen LogP contribution in [0.3, 0.4) is 0 Å². The molecule has 0 atom stereocenters. The Balaban J connectivity index is 1.54. The van der Waals surface area contributed by atoms with E-state index in [0.29, 0.717) is 18.0 Å². The maximum absolute atomic E-state index is 13.6. The molecular weight excluding hydrogens is 512 g/mol. The number of anilines is 1. The van der Waals surface area contributed by atoms with Gasteiger partial charge >= 0.3 is 0 Å². The van der Waals surface area contributed by atoms with Gasteiger partial charge in [-0.1, -0.05) is 35.9 Å². The second kappa shape index (κ2) is 12.0. The molecule has 9 heteroatoms. The lowest BCUT2D eigenvalue weighted by Gasteiger charge is -2.24. The van der Waals surface area contributed by atoms with Gasteiger partial charge in [0.15, 0.2) is 0 Å². The molecule has 8 nitrogen and oxygen atoms in total. The highest BCUT2D eigenvalue weighted by atomic mass is 32.2. The molecule has 39 heavy (non-hydrogen) atoms. The molecule has 0 aliphatic heterocycles. The number of nitrogens with one attached hydrogen (secondary N) is 1. The van der Waals surface area contributed by atoms with Crippen molar-refractivity contribution >= 4 is 27.8 Å². The molecule has 0 saturated heterocycles. The number of aromatic nitrogens is 1. The predicted molar refractivity (Wildman–Crippen MR) is 154 cm³/mol. The molecule has 0 bridgehead atoms. The molecule has 0 spiro atoms. The van der Waals surface area contributed by atoms with Crippen molar-refractivity contribution in [2.75, 3.05) is 17.5 Å². The van der Waals surface area contributed by atoms with Gasteiger partial charge in [-0.05, 0) is 82.3 Å². The normalized spacial score (nSPS) is 11.5. The lowest BCUT2D eigenvalue weighted by atomic mass is 10.2. The van der Waals surface area contributed by atoms with Gasteiger partial charge in [-0.25, -0.2) is 13.8 Å². The van der Waals surface area contributed by atoms with Crippen LogP contribution in [0.4, 0.5) is 5.69 Å². The second-order valence-electron chi connectivity index (χ2n) is 9.04. The van der Waals surface area contributed by atoms with Gasteiger partial charge in [-0.3, -0.25) is 9.10 Å². The summed E-state index contributed by atoms with van der Waals surface area (Å²) in [5, 5.41) is 4.12. The van der Waals surface area contributed by atoms with Crippen LogP contribution in [-0.4, -0.2) is 38.3 Å². The number of ether oxygens (including phenoxy) is 1. The molecule has 4 aromatic rings. The fourth-order valence-electron chi connectivity index (χ4n) is 4.26. The van der Waals surface area contributed by atoms with E-state index in [1.807, 2.05) is 64.1 Å². The maximum Gasteiger partial charge on any atom is 0.264 e. The Morgan fingerprint density at radius 2 is 1.64 bits per heavy atom. The van der Waals surface area contributed by atoms with Gasteiger partial charge in [0.25, 0.3) is 15.9 Å². The molecule has 0 aliphatic rings. The number of aryl methyl sites for hydroxylation is 2. The number of sulfonamides is 1. The number of hydrogen-bond acceptors (Lipinski definition) is 5. The fourth-order valence-corrected chi connectivity index (χ4v) is 5.68. The van der Waals surface area contributed by atoms with Crippen LogP contribution < -0.4 is 14.5 Å². The molecule has 1 aromatic heterocycles. The third kappa shape index (κ3) is 6.38. The Labute approximate surface area is 229 Å². The molecular formula is C30H32N4O4S. The molecule has 1 heterocycles. The van der Waals surface area contributed by atoms with Crippen LogP contribution in [-0.2, 0) is 14.8 Å². The standard InChI is InChI=1S/C30H32N4O4S/c1-5-38-28-15-17-29(18-16-28)39(36,37)33(26-13-11-22(2)12-14-26)21-30(35)32-31-20-25-19-23(3)34(24(25)4)27-9-7-6-8-10-27/h6-20H,5,21H2,1-4H3,(H,32,35)/b31-20+. The Kier molecular flexibility index (Phi) is 8.51. The van der Waals surface area contributed by atoms with Crippen molar-refractivity contribution < 1.29 is 17.9 Å². The van der Waals surface area contributed by atoms with Crippen molar-refractivity contribution in [1.82, 2.24) is 9.99 Å². The topological polar surface area (TPSA) is 93.0 Å². The maximum atomic E-state index is 13.6. The molecule has 0 aliphatic carbocycles. The number of hydrogen-bond donors (Lipinski definition) is 1. The molecule has 0 radical (unpaired) electrons. The minimum absolute atomic E-state index is 0.0520. The lowest BCUT2D eigenvalue weighted by molar-refractivity contribution is -0.119. The number of amides is 1. The predicted octanol–water partition coefficient (Wildman–Crippen LogP) is 5.15. The fraction of sp³-hybridized carbons (Fsp3) is 0.200. The zero-order valence-corrected chi connectivity index (χ0v) is 23.3. The monoisotopic (exact) mass is 544 g/mol. The van der Waals surface area contributed by atoms with Crippen LogP contribution in [0.2, 0.25) is 0 Å². The summed E-state index contributed by atoms with van der Waals surface area (Å²) in [6, 6.07) is 25.0. The summed E-state index contributed by atoms with van der Waals surface area (Å²) in [7, 11) is -4.05. The van der Waals surface area contributed by atoms with Crippen molar-refractivity contribution in [1.29, 1.82) is 0 Å². The van der Waals surface area contributed by atoms with E-state index >= 15 is 0 Å². The largest absolute Gasteiger partial charge is 0.494 e. The zero-order chi connectivity index (χ0) is 28.0. The summed E-state index contributed by atoms with van der Waals surface area (Å²) in [5.41, 5.74) is 7.70. The number of para-hydroxylation sites is 1. The quantitative estimate of drug-likeness (QED) is 0.221. The third-order valence-electron chi connectivity index (χ3n) is 6.21. The number of hydrazone groups is 1. The zero-order valence-electron chi connectivity index (χ0n) is 22.5. The molecule has 4 rings (SSSR count). The van der Waals surface area contributed by atoms with Gasteiger partial charge in [0.2, 0.25) is 0 Å². The van der Waals surface area contributed by atoms with Crippen LogP contribution in [0, 0.1) is 20.8 Å². The molecule has 1 amide bonds. The van der Waals surface area contributed by atoms with Crippen LogP contribution in [0.5, 0.6) is 5.75 Å². The summed E-state index contributed by atoms with van der Waals surface area (Å²) in [4.78, 5) is 13.0. The first-order chi connectivity index (χ1) is 18.7. The first-order valence-electron chi connectivity index (χ1n) is 12.6. The van der Waals surface area contributed by atoms with Crippen molar-refractivity contribution in [3.8, 4) is 11.4 Å². The molecule has 1 N–H and O–H groups in total. The van der Waals surface area contributed by atoms with Crippen LogP contribution >= 0.6 is 0 Å². The minimum Gasteiger partial charge on any atom is -0.494 e. The molecule has 0 unspecified atom stereocenters. The number of benzene rings is 3. The van der Waals surface area contributed by atoms with Gasteiger partial charge in [0.05, 0.1) is 23.4 Å². The summed E-state index contributed by atoms with van der Waals surface area (Å²) in [6.07, 6.45) is 1.57. The van der Waals surface area contributed by atoms with E-state index in [0.717, 1.165) is 32.5 Å². The molecule has 0 fully saturated rings. The minimum atomic E-state index is -4.05. The van der Waals surface area contributed by atoms with Gasteiger partial charge in [-0.15, -0.1) is 0 Å². The summed E-state index contributed by atoms with van der Waals surface area (Å²) >= 11 is 0. The Hall–Kier alpha value is -4.37. The highest BCUT2D eigenvalue weighted by molar-refractivity contribution is 7.92. The lowest BCUT2D eigenvalue weighted by Crippen LogP contribution is -2.39. The molecule has 3 aromatic carbocycles. The van der Waals surface area contributed by atoms with Crippen molar-refractivity contribution in [2.24, 2.45) is 5.10 Å². The first kappa shape index (κ1) is 27.7. The van der Waals surface area contributed by atoms with E-state index < -0.39 is 22.5 Å². The summed E-state index contributed by atoms with van der Waals surface area (Å²) in [5.74, 6) is -0.00440. The van der Waals surface area contributed by atoms with E-state index in [2.05, 4.69) is 15.1 Å². The van der Waals surface area contributed by atoms with Crippen molar-refractivity contribution in [2.45, 2.75) is 32.6 Å². The summed E-state index contributed by atoms with van der Waals surface area (Å²) in [6.45, 7) is 7.77. The average molecular weight is 545 g/mol. The van der Waals surface area contributed by atoms with Crippen LogP contribution in [0.25, 0.3) is 5.69 Å². The van der Waals surface area contributed by atoms with Gasteiger partial charge in [-0.2, -0.15) is 5.10 Å². The average Bonchev–Trinajstić information content (AvgIpc) is 3.21. The van der Waals surface area contributed by atoms with Crippen LogP contribution in [0.1, 0.15) is 29.4 Å². The highest BCUT2D eigenvalue weighted by Gasteiger charge is 2.27. The first-order valence-corrected chi connectivity index (χ1v) is 14.0. The third-order valence-corrected chi connectivity index (χ3v) is 8.00. The molecule has 0 saturated carbocycles. The van der Waals surface area contributed by atoms with Gasteiger partial charge < -0.3 is 9.30 Å². The Morgan fingerprint density at radius 1 is 0.974 bits per heavy atom. The van der Waals surface area contributed by atoms with Gasteiger partial charge in [0.1, 0.15) is 12.3 Å². The Morgan fingerprint density at radius 3 is 2.28 bits per heavy atom. The van der Waals surface area contributed by atoms with Gasteiger partial charge in [0, 0.05) is 22.6 Å². The van der Waals surface area contributed by atoms with E-state index in [9.17, 15) is 13.2 Å². The van der Waals surface area contributed by atoms with E-state index in [1.54, 1.807) is 42.6 Å². The number of carbonyl (C=O) groups excluding carboxylic acids is 1. The highest BCUT2D eigenvalue weighted by Crippen LogP contribution is 2.25. The van der Waals surface area contributed by atoms with E-state index in [1.165, 1.54) is 12.1 Å². The number of rotatable bonds is 10. The molecule has 202 valence electrons. The SMILES string of the molecule is CCOc1ccc(S(=O)(=O)N(CC(=O)N/N=C/c2cc(C)n(-c3ccccc3)c2C)c2ccc(C)cc2)cc1. The number of nitrogens with zero attached hydrogens (tertiary/aromatic N) is 3. The smallest absolute Gasteiger partial charge is 0.264 e. The van der Waals surface area contributed by atoms with Crippen molar-refractivity contribution in [3.63, 3.8) is 0 Å². The van der Waals surface area contributed by atoms with Crippen LogP contribution in [0.15, 0.2) is 94.9 Å². The van der Waals surface area contributed by atoms with E-state index in [4.69, 9.17) is 4.74 Å².